The number of pyridine rings is 1. The number of carbonyl (C=O) groups excluding carboxylic acids is 2. The molecule has 7 nitrogen and oxygen atoms in total. The third-order valence-corrected chi connectivity index (χ3v) is 5.67. The van der Waals surface area contributed by atoms with Crippen LogP contribution in [-0.2, 0) is 0 Å². The molecule has 1 aliphatic heterocycles. The van der Waals surface area contributed by atoms with Crippen LogP contribution >= 0.6 is 0 Å². The summed E-state index contributed by atoms with van der Waals surface area (Å²) in [7, 11) is 0. The molecule has 2 aromatic heterocycles. The number of anilines is 1. The summed E-state index contributed by atoms with van der Waals surface area (Å²) in [5.74, 6) is 0.162. The largest absolute Gasteiger partial charge is 0.338 e. The summed E-state index contributed by atoms with van der Waals surface area (Å²) in [6.07, 6.45) is 3.98. The van der Waals surface area contributed by atoms with E-state index in [1.54, 1.807) is 42.6 Å². The molecule has 0 radical (unpaired) electrons. The minimum Gasteiger partial charge on any atom is -0.338 e. The Balaban J connectivity index is 1.62. The van der Waals surface area contributed by atoms with E-state index in [1.807, 2.05) is 11.8 Å². The van der Waals surface area contributed by atoms with E-state index in [1.165, 1.54) is 10.6 Å². The molecule has 3 aromatic rings. The Morgan fingerprint density at radius 2 is 1.77 bits per heavy atom. The number of piperidine rings is 1. The van der Waals surface area contributed by atoms with E-state index in [4.69, 9.17) is 0 Å². The highest BCUT2D eigenvalue weighted by Gasteiger charge is 2.27. The summed E-state index contributed by atoms with van der Waals surface area (Å²) in [5.41, 5.74) is 1.72. The zero-order valence-corrected chi connectivity index (χ0v) is 18.0. The molecule has 2 amide bonds. The van der Waals surface area contributed by atoms with Gasteiger partial charge in [-0.05, 0) is 55.0 Å². The Morgan fingerprint density at radius 1 is 1.06 bits per heavy atom. The van der Waals surface area contributed by atoms with Gasteiger partial charge in [0.15, 0.2) is 0 Å². The second-order valence-electron chi connectivity index (χ2n) is 8.57. The van der Waals surface area contributed by atoms with Crippen molar-refractivity contribution in [1.29, 1.82) is 0 Å². The molecule has 7 heteroatoms. The van der Waals surface area contributed by atoms with Crippen molar-refractivity contribution in [3.8, 4) is 0 Å². The summed E-state index contributed by atoms with van der Waals surface area (Å²) in [4.78, 5) is 45.0. The fraction of sp³-hybridized carbons (Fsp3) is 0.333. The molecule has 1 saturated heterocycles. The van der Waals surface area contributed by atoms with Crippen LogP contribution in [0, 0.1) is 18.8 Å². The average molecular weight is 418 g/mol. The van der Waals surface area contributed by atoms with Gasteiger partial charge in [0.05, 0.1) is 11.3 Å². The van der Waals surface area contributed by atoms with Gasteiger partial charge in [-0.25, -0.2) is 4.98 Å². The summed E-state index contributed by atoms with van der Waals surface area (Å²) < 4.78 is 1.34. The number of para-hydroxylation sites is 1. The molecule has 160 valence electrons. The van der Waals surface area contributed by atoms with Crippen molar-refractivity contribution in [2.24, 2.45) is 11.8 Å². The molecular formula is C24H26N4O3. The third-order valence-electron chi connectivity index (χ3n) is 5.67. The lowest BCUT2D eigenvalue weighted by Gasteiger charge is -2.35. The van der Waals surface area contributed by atoms with Crippen molar-refractivity contribution >= 4 is 23.1 Å². The highest BCUT2D eigenvalue weighted by Crippen LogP contribution is 2.25. The second-order valence-corrected chi connectivity index (χ2v) is 8.57. The first-order chi connectivity index (χ1) is 14.8. The summed E-state index contributed by atoms with van der Waals surface area (Å²) in [6.45, 7) is 7.59. The smallest absolute Gasteiger partial charge is 0.270 e. The molecule has 2 atom stereocenters. The first-order valence-corrected chi connectivity index (χ1v) is 10.5. The maximum absolute atomic E-state index is 13.2. The van der Waals surface area contributed by atoms with E-state index in [2.05, 4.69) is 24.1 Å². The van der Waals surface area contributed by atoms with E-state index >= 15 is 0 Å². The number of nitrogens with zero attached hydrogens (tertiary/aromatic N) is 3. The topological polar surface area (TPSA) is 83.8 Å². The van der Waals surface area contributed by atoms with Gasteiger partial charge >= 0.3 is 0 Å². The van der Waals surface area contributed by atoms with Gasteiger partial charge < -0.3 is 10.2 Å². The number of likely N-dealkylation sites (tertiary alicyclic amines) is 1. The van der Waals surface area contributed by atoms with Gasteiger partial charge in [-0.3, -0.25) is 18.8 Å². The molecule has 0 bridgehead atoms. The van der Waals surface area contributed by atoms with E-state index in [-0.39, 0.29) is 11.5 Å². The lowest BCUT2D eigenvalue weighted by Crippen LogP contribution is -2.42. The molecule has 1 fully saturated rings. The highest BCUT2D eigenvalue weighted by molar-refractivity contribution is 6.08. The SMILES string of the molecule is Cc1ccn2c(=O)c(C(=O)Nc3ccccc3C(=O)N3CC(C)CC(C)C3)cnc2c1. The maximum Gasteiger partial charge on any atom is 0.270 e. The van der Waals surface area contributed by atoms with E-state index in [0.717, 1.165) is 12.0 Å². The molecule has 1 aliphatic rings. The molecule has 31 heavy (non-hydrogen) atoms. The van der Waals surface area contributed by atoms with Crippen molar-refractivity contribution in [3.63, 3.8) is 0 Å². The van der Waals surface area contributed by atoms with Crippen LogP contribution in [0.3, 0.4) is 0 Å². The van der Waals surface area contributed by atoms with Gasteiger partial charge in [-0.15, -0.1) is 0 Å². The number of carbonyl (C=O) groups is 2. The quantitative estimate of drug-likeness (QED) is 0.707. The van der Waals surface area contributed by atoms with Crippen molar-refractivity contribution < 1.29 is 9.59 Å². The number of fused-ring (bicyclic) bond motifs is 1. The van der Waals surface area contributed by atoms with E-state index < -0.39 is 11.5 Å². The number of benzene rings is 1. The van der Waals surface area contributed by atoms with Crippen LogP contribution in [0.25, 0.3) is 5.65 Å². The van der Waals surface area contributed by atoms with Gasteiger partial charge in [0.2, 0.25) is 0 Å². The minimum absolute atomic E-state index is 0.0798. The Bertz CT molecular complexity index is 1210. The molecule has 4 rings (SSSR count). The van der Waals surface area contributed by atoms with Crippen LogP contribution in [-0.4, -0.2) is 39.2 Å². The fourth-order valence-electron chi connectivity index (χ4n) is 4.30. The number of aryl methyl sites for hydroxylation is 1. The number of nitrogens with one attached hydrogen (secondary N) is 1. The van der Waals surface area contributed by atoms with Crippen LogP contribution < -0.4 is 10.9 Å². The van der Waals surface area contributed by atoms with Gasteiger partial charge in [0.25, 0.3) is 17.4 Å². The van der Waals surface area contributed by atoms with Gasteiger partial charge in [-0.2, -0.15) is 0 Å². The van der Waals surface area contributed by atoms with Crippen LogP contribution in [0.2, 0.25) is 0 Å². The molecule has 0 spiro atoms. The number of hydrogen-bond donors (Lipinski definition) is 1. The summed E-state index contributed by atoms with van der Waals surface area (Å²) in [5, 5.41) is 2.75. The summed E-state index contributed by atoms with van der Waals surface area (Å²) >= 11 is 0. The van der Waals surface area contributed by atoms with Crippen LogP contribution in [0.4, 0.5) is 5.69 Å². The molecule has 0 saturated carbocycles. The fourth-order valence-corrected chi connectivity index (χ4v) is 4.30. The number of aromatic nitrogens is 2. The van der Waals surface area contributed by atoms with E-state index in [0.29, 0.717) is 41.8 Å². The number of amides is 2. The first kappa shape index (κ1) is 20.8. The monoisotopic (exact) mass is 418 g/mol. The maximum atomic E-state index is 13.2. The number of hydrogen-bond acceptors (Lipinski definition) is 4. The van der Waals surface area contributed by atoms with E-state index in [9.17, 15) is 14.4 Å². The van der Waals surface area contributed by atoms with Crippen molar-refractivity contribution in [3.05, 3.63) is 75.8 Å². The number of rotatable bonds is 3. The zero-order chi connectivity index (χ0) is 22.1. The molecule has 1 aromatic carbocycles. The zero-order valence-electron chi connectivity index (χ0n) is 18.0. The van der Waals surface area contributed by atoms with Gasteiger partial charge in [0.1, 0.15) is 11.2 Å². The summed E-state index contributed by atoms with van der Waals surface area (Å²) in [6, 6.07) is 10.5. The predicted molar refractivity (Wildman–Crippen MR) is 119 cm³/mol. The van der Waals surface area contributed by atoms with Crippen molar-refractivity contribution in [2.45, 2.75) is 27.2 Å². The molecule has 0 aliphatic carbocycles. The average Bonchev–Trinajstić information content (AvgIpc) is 2.73. The Morgan fingerprint density at radius 3 is 2.52 bits per heavy atom. The molecular weight excluding hydrogens is 392 g/mol. The van der Waals surface area contributed by atoms with Crippen LogP contribution in [0.1, 0.15) is 46.5 Å². The molecule has 1 N–H and O–H groups in total. The Labute approximate surface area is 180 Å². The van der Waals surface area contributed by atoms with Gasteiger partial charge in [-0.1, -0.05) is 26.0 Å². The molecule has 3 heterocycles. The highest BCUT2D eigenvalue weighted by atomic mass is 16.2. The first-order valence-electron chi connectivity index (χ1n) is 10.5. The predicted octanol–water partition coefficient (Wildman–Crippen LogP) is 3.37. The van der Waals surface area contributed by atoms with Crippen molar-refractivity contribution in [1.82, 2.24) is 14.3 Å². The Kier molecular flexibility index (Phi) is 5.59. The van der Waals surface area contributed by atoms with Crippen LogP contribution in [0.15, 0.2) is 53.6 Å². The Hall–Kier alpha value is -3.48. The normalized spacial score (nSPS) is 18.7. The lowest BCUT2D eigenvalue weighted by atomic mass is 9.91. The van der Waals surface area contributed by atoms with Crippen molar-refractivity contribution in [2.75, 3.05) is 18.4 Å². The molecule has 2 unspecified atom stereocenters. The minimum atomic E-state index is -0.590. The lowest BCUT2D eigenvalue weighted by molar-refractivity contribution is 0.0624. The standard InChI is InChI=1S/C24H26N4O3/c1-15-8-9-28-21(11-15)25-12-19(24(28)31)22(29)26-20-7-5-4-6-18(20)23(30)27-13-16(2)10-17(3)14-27/h4-9,11-12,16-17H,10,13-14H2,1-3H3,(H,26,29). The van der Waals surface area contributed by atoms with Crippen LogP contribution in [0.5, 0.6) is 0 Å². The second kappa shape index (κ2) is 8.34. The third kappa shape index (κ3) is 4.21. The van der Waals surface area contributed by atoms with Gasteiger partial charge in [0, 0.05) is 25.5 Å².